The number of benzene rings is 3. The van der Waals surface area contributed by atoms with Crippen LogP contribution in [0.25, 0.3) is 0 Å². The Morgan fingerprint density at radius 3 is 2.36 bits per heavy atom. The van der Waals surface area contributed by atoms with E-state index >= 15 is 0 Å². The zero-order valence-electron chi connectivity index (χ0n) is 15.4. The fourth-order valence-electron chi connectivity index (χ4n) is 2.65. The molecule has 0 aliphatic heterocycles. The molecule has 0 saturated heterocycles. The zero-order chi connectivity index (χ0) is 20.3. The van der Waals surface area contributed by atoms with Crippen LogP contribution in [-0.4, -0.2) is 14.3 Å². The molecule has 144 valence electrons. The van der Waals surface area contributed by atoms with Gasteiger partial charge in [0.1, 0.15) is 0 Å². The molecule has 0 heterocycles. The summed E-state index contributed by atoms with van der Waals surface area (Å²) < 4.78 is 27.5. The second-order valence-electron chi connectivity index (χ2n) is 6.31. The van der Waals surface area contributed by atoms with E-state index in [2.05, 4.69) is 10.0 Å². The number of sulfonamides is 1. The van der Waals surface area contributed by atoms with E-state index in [0.717, 1.165) is 11.1 Å². The van der Waals surface area contributed by atoms with Gasteiger partial charge in [-0.05, 0) is 61.4 Å². The highest BCUT2D eigenvalue weighted by atomic mass is 35.5. The van der Waals surface area contributed by atoms with E-state index in [-0.39, 0.29) is 21.2 Å². The molecule has 3 aromatic carbocycles. The summed E-state index contributed by atoms with van der Waals surface area (Å²) in [6, 6.07) is 18.0. The van der Waals surface area contributed by atoms with Gasteiger partial charge in [-0.2, -0.15) is 0 Å². The average Bonchev–Trinajstić information content (AvgIpc) is 2.67. The van der Waals surface area contributed by atoms with Gasteiger partial charge in [0, 0.05) is 11.4 Å². The minimum absolute atomic E-state index is 0.131. The fraction of sp³-hybridized carbons (Fsp3) is 0.0952. The monoisotopic (exact) mass is 414 g/mol. The standard InChI is InChI=1S/C21H19ClN2O3S/c1-14-7-6-10-20(15(14)2)23-21(25)18-13-16(11-12-19(18)22)24-28(26,27)17-8-4-3-5-9-17/h3-13,24H,1-2H3,(H,23,25). The summed E-state index contributed by atoms with van der Waals surface area (Å²) in [5.74, 6) is -0.417. The van der Waals surface area contributed by atoms with Gasteiger partial charge in [0.2, 0.25) is 0 Å². The summed E-state index contributed by atoms with van der Waals surface area (Å²) in [5, 5.41) is 3.06. The molecule has 3 aromatic rings. The van der Waals surface area contributed by atoms with Gasteiger partial charge in [-0.1, -0.05) is 41.9 Å². The molecule has 0 unspecified atom stereocenters. The summed E-state index contributed by atoms with van der Waals surface area (Å²) in [7, 11) is -3.76. The van der Waals surface area contributed by atoms with Crippen molar-refractivity contribution >= 4 is 38.9 Å². The molecule has 0 fully saturated rings. The third-order valence-corrected chi connectivity index (χ3v) is 6.10. The second kappa shape index (κ2) is 8.04. The van der Waals surface area contributed by atoms with Crippen LogP contribution in [0.5, 0.6) is 0 Å². The molecular weight excluding hydrogens is 396 g/mol. The van der Waals surface area contributed by atoms with Crippen LogP contribution < -0.4 is 10.0 Å². The van der Waals surface area contributed by atoms with Gasteiger partial charge in [0.25, 0.3) is 15.9 Å². The highest BCUT2D eigenvalue weighted by molar-refractivity contribution is 7.92. The predicted molar refractivity (Wildman–Crippen MR) is 113 cm³/mol. The lowest BCUT2D eigenvalue weighted by Gasteiger charge is -2.13. The number of hydrogen-bond acceptors (Lipinski definition) is 3. The van der Waals surface area contributed by atoms with E-state index in [1.165, 1.54) is 30.3 Å². The minimum Gasteiger partial charge on any atom is -0.322 e. The van der Waals surface area contributed by atoms with Crippen molar-refractivity contribution in [3.63, 3.8) is 0 Å². The van der Waals surface area contributed by atoms with Gasteiger partial charge in [-0.3, -0.25) is 9.52 Å². The molecule has 5 nitrogen and oxygen atoms in total. The van der Waals surface area contributed by atoms with E-state index in [4.69, 9.17) is 11.6 Å². The van der Waals surface area contributed by atoms with Crippen LogP contribution in [0.3, 0.4) is 0 Å². The van der Waals surface area contributed by atoms with Gasteiger partial charge in [-0.25, -0.2) is 8.42 Å². The topological polar surface area (TPSA) is 75.3 Å². The summed E-state index contributed by atoms with van der Waals surface area (Å²) >= 11 is 6.18. The quantitative estimate of drug-likeness (QED) is 0.616. The summed E-state index contributed by atoms with van der Waals surface area (Å²) in [5.41, 5.74) is 3.10. The first-order valence-electron chi connectivity index (χ1n) is 8.53. The van der Waals surface area contributed by atoms with E-state index in [0.29, 0.717) is 5.69 Å². The van der Waals surface area contributed by atoms with Crippen molar-refractivity contribution in [2.45, 2.75) is 18.7 Å². The predicted octanol–water partition coefficient (Wildman–Crippen LogP) is 5.01. The Morgan fingerprint density at radius 1 is 0.929 bits per heavy atom. The number of nitrogens with one attached hydrogen (secondary N) is 2. The third-order valence-electron chi connectivity index (χ3n) is 4.37. The first kappa shape index (κ1) is 19.9. The number of halogens is 1. The summed E-state index contributed by atoms with van der Waals surface area (Å²) in [6.45, 7) is 3.87. The van der Waals surface area contributed by atoms with Crippen LogP contribution in [0.2, 0.25) is 5.02 Å². The lowest BCUT2D eigenvalue weighted by Crippen LogP contribution is -2.16. The molecule has 0 bridgehead atoms. The molecule has 1 amide bonds. The van der Waals surface area contributed by atoms with Crippen molar-refractivity contribution in [1.29, 1.82) is 0 Å². The minimum atomic E-state index is -3.76. The smallest absolute Gasteiger partial charge is 0.261 e. The first-order chi connectivity index (χ1) is 13.3. The van der Waals surface area contributed by atoms with Crippen molar-refractivity contribution in [2.24, 2.45) is 0 Å². The van der Waals surface area contributed by atoms with Crippen LogP contribution in [0, 0.1) is 13.8 Å². The Balaban J connectivity index is 1.87. The Bertz CT molecular complexity index is 1130. The van der Waals surface area contributed by atoms with Crippen LogP contribution in [0.15, 0.2) is 71.6 Å². The molecule has 0 aliphatic rings. The molecule has 0 spiro atoms. The SMILES string of the molecule is Cc1cccc(NC(=O)c2cc(NS(=O)(=O)c3ccccc3)ccc2Cl)c1C. The van der Waals surface area contributed by atoms with Crippen molar-refractivity contribution in [1.82, 2.24) is 0 Å². The maximum absolute atomic E-state index is 12.7. The molecule has 7 heteroatoms. The van der Waals surface area contributed by atoms with Gasteiger partial charge in [0.05, 0.1) is 15.5 Å². The molecule has 0 saturated carbocycles. The molecule has 0 aliphatic carbocycles. The van der Waals surface area contributed by atoms with Gasteiger partial charge in [0.15, 0.2) is 0 Å². The Kier molecular flexibility index (Phi) is 5.72. The normalized spacial score (nSPS) is 11.1. The zero-order valence-corrected chi connectivity index (χ0v) is 16.9. The number of carbonyl (C=O) groups excluding carboxylic acids is 1. The Labute approximate surface area is 169 Å². The first-order valence-corrected chi connectivity index (χ1v) is 10.4. The van der Waals surface area contributed by atoms with Crippen molar-refractivity contribution in [2.75, 3.05) is 10.0 Å². The van der Waals surface area contributed by atoms with E-state index in [1.807, 2.05) is 26.0 Å². The lowest BCUT2D eigenvalue weighted by atomic mass is 10.1. The van der Waals surface area contributed by atoms with Gasteiger partial charge < -0.3 is 5.32 Å². The van der Waals surface area contributed by atoms with E-state index in [9.17, 15) is 13.2 Å². The maximum Gasteiger partial charge on any atom is 0.261 e. The van der Waals surface area contributed by atoms with Crippen molar-refractivity contribution in [3.05, 3.63) is 88.4 Å². The van der Waals surface area contributed by atoms with Crippen LogP contribution >= 0.6 is 11.6 Å². The molecule has 28 heavy (non-hydrogen) atoms. The largest absolute Gasteiger partial charge is 0.322 e. The lowest BCUT2D eigenvalue weighted by molar-refractivity contribution is 0.102. The highest BCUT2D eigenvalue weighted by Gasteiger charge is 2.17. The summed E-state index contributed by atoms with van der Waals surface area (Å²) in [4.78, 5) is 12.8. The number of anilines is 2. The van der Waals surface area contributed by atoms with Crippen molar-refractivity contribution < 1.29 is 13.2 Å². The van der Waals surface area contributed by atoms with Crippen molar-refractivity contribution in [3.8, 4) is 0 Å². The number of hydrogen-bond donors (Lipinski definition) is 2. The molecule has 3 rings (SSSR count). The number of rotatable bonds is 5. The maximum atomic E-state index is 12.7. The van der Waals surface area contributed by atoms with E-state index < -0.39 is 15.9 Å². The fourth-order valence-corrected chi connectivity index (χ4v) is 3.93. The number of aryl methyl sites for hydroxylation is 1. The van der Waals surface area contributed by atoms with Gasteiger partial charge in [-0.15, -0.1) is 0 Å². The summed E-state index contributed by atoms with van der Waals surface area (Å²) in [6.07, 6.45) is 0. The highest BCUT2D eigenvalue weighted by Crippen LogP contribution is 2.25. The molecule has 0 atom stereocenters. The number of amides is 1. The van der Waals surface area contributed by atoms with Crippen LogP contribution in [0.1, 0.15) is 21.5 Å². The Morgan fingerprint density at radius 2 is 1.64 bits per heavy atom. The number of carbonyl (C=O) groups is 1. The average molecular weight is 415 g/mol. The molecule has 0 radical (unpaired) electrons. The molecule has 2 N–H and O–H groups in total. The third kappa shape index (κ3) is 4.35. The van der Waals surface area contributed by atoms with E-state index in [1.54, 1.807) is 24.3 Å². The van der Waals surface area contributed by atoms with Crippen LogP contribution in [0.4, 0.5) is 11.4 Å². The molecule has 0 aromatic heterocycles. The molecular formula is C21H19ClN2O3S. The van der Waals surface area contributed by atoms with Crippen LogP contribution in [-0.2, 0) is 10.0 Å². The second-order valence-corrected chi connectivity index (χ2v) is 8.40. The Hall–Kier alpha value is -2.83. The van der Waals surface area contributed by atoms with Gasteiger partial charge >= 0.3 is 0 Å².